The van der Waals surface area contributed by atoms with Gasteiger partial charge in [-0.25, -0.2) is 4.99 Å². The number of likely N-dealkylation sites (tertiary alicyclic amines) is 2. The van der Waals surface area contributed by atoms with Crippen LogP contribution in [0.3, 0.4) is 0 Å². The molecule has 0 unspecified atom stereocenters. The highest BCUT2D eigenvalue weighted by atomic mass is 16.5. The van der Waals surface area contributed by atoms with Gasteiger partial charge in [0.25, 0.3) is 0 Å². The van der Waals surface area contributed by atoms with Gasteiger partial charge in [-0.15, -0.1) is 0 Å². The van der Waals surface area contributed by atoms with Crippen LogP contribution in [0.1, 0.15) is 51.5 Å². The molecule has 2 N–H and O–H groups in total. The Morgan fingerprint density at radius 2 is 1.77 bits per heavy atom. The van der Waals surface area contributed by atoms with Gasteiger partial charge in [-0.2, -0.15) is 0 Å². The van der Waals surface area contributed by atoms with Gasteiger partial charge in [0.1, 0.15) is 5.75 Å². The average Bonchev–Trinajstić information content (AvgIpc) is 2.79. The Balaban J connectivity index is 1.69. The molecule has 6 nitrogen and oxygen atoms in total. The molecule has 3 rings (SSSR count). The van der Waals surface area contributed by atoms with Crippen molar-refractivity contribution in [3.63, 3.8) is 0 Å². The molecule has 0 amide bonds. The van der Waals surface area contributed by atoms with Gasteiger partial charge in [0.05, 0.1) is 13.2 Å². The molecule has 2 saturated heterocycles. The third-order valence-corrected chi connectivity index (χ3v) is 6.55. The maximum atomic E-state index is 5.77. The average molecular weight is 416 g/mol. The molecular weight excluding hydrogens is 374 g/mol. The molecule has 2 heterocycles. The Morgan fingerprint density at radius 1 is 1.03 bits per heavy atom. The number of hydrogen-bond donors (Lipinski definition) is 2. The molecule has 0 bridgehead atoms. The number of aliphatic imine (C=N–C) groups is 1. The van der Waals surface area contributed by atoms with Crippen LogP contribution in [0.5, 0.6) is 5.75 Å². The lowest BCUT2D eigenvalue weighted by atomic mass is 9.84. The molecule has 168 valence electrons. The van der Waals surface area contributed by atoms with Gasteiger partial charge in [0, 0.05) is 24.2 Å². The van der Waals surface area contributed by atoms with E-state index in [1.807, 2.05) is 19.1 Å². The van der Waals surface area contributed by atoms with E-state index in [-0.39, 0.29) is 5.54 Å². The highest BCUT2D eigenvalue weighted by molar-refractivity contribution is 5.79. The van der Waals surface area contributed by atoms with E-state index < -0.39 is 0 Å². The second-order valence-electron chi connectivity index (χ2n) is 8.66. The standard InChI is InChI=1S/C24H41N5O/c1-4-25-23(26-19-21-11-7-8-12-22(21)30-5-2)27-20-24(13-17-28(3)18-14-24)29-15-9-6-10-16-29/h7-8,11-12H,4-6,9-10,13-20H2,1-3H3,(H2,25,26,27). The van der Waals surface area contributed by atoms with E-state index >= 15 is 0 Å². The minimum absolute atomic E-state index is 0.242. The van der Waals surface area contributed by atoms with Crippen LogP contribution in [0, 0.1) is 0 Å². The fraction of sp³-hybridized carbons (Fsp3) is 0.708. The van der Waals surface area contributed by atoms with Crippen LogP contribution >= 0.6 is 0 Å². The Kier molecular flexibility index (Phi) is 8.82. The molecule has 0 saturated carbocycles. The van der Waals surface area contributed by atoms with Gasteiger partial charge in [-0.05, 0) is 78.8 Å². The van der Waals surface area contributed by atoms with E-state index in [0.29, 0.717) is 13.2 Å². The van der Waals surface area contributed by atoms with Crippen LogP contribution in [-0.4, -0.2) is 74.2 Å². The number of benzene rings is 1. The molecular formula is C24H41N5O. The number of rotatable bonds is 8. The Morgan fingerprint density at radius 3 is 2.47 bits per heavy atom. The first-order chi connectivity index (χ1) is 14.7. The largest absolute Gasteiger partial charge is 0.494 e. The van der Waals surface area contributed by atoms with E-state index in [1.165, 1.54) is 58.3 Å². The van der Waals surface area contributed by atoms with Gasteiger partial charge in [-0.1, -0.05) is 24.6 Å². The van der Waals surface area contributed by atoms with E-state index in [2.05, 4.69) is 46.5 Å². The highest BCUT2D eigenvalue weighted by Gasteiger charge is 2.39. The summed E-state index contributed by atoms with van der Waals surface area (Å²) in [6, 6.07) is 8.20. The molecule has 0 radical (unpaired) electrons. The summed E-state index contributed by atoms with van der Waals surface area (Å²) in [6.45, 7) is 12.1. The van der Waals surface area contributed by atoms with Crippen molar-refractivity contribution in [3.05, 3.63) is 29.8 Å². The van der Waals surface area contributed by atoms with Crippen LogP contribution in [0.2, 0.25) is 0 Å². The molecule has 2 aliphatic rings. The molecule has 0 aliphatic carbocycles. The predicted molar refractivity (Wildman–Crippen MR) is 125 cm³/mol. The van der Waals surface area contributed by atoms with Crippen molar-refractivity contribution in [1.82, 2.24) is 20.4 Å². The summed E-state index contributed by atoms with van der Waals surface area (Å²) >= 11 is 0. The quantitative estimate of drug-likeness (QED) is 0.505. The molecule has 2 fully saturated rings. The van der Waals surface area contributed by atoms with Gasteiger partial charge >= 0.3 is 0 Å². The van der Waals surface area contributed by atoms with Crippen LogP contribution < -0.4 is 15.4 Å². The summed E-state index contributed by atoms with van der Waals surface area (Å²) in [5, 5.41) is 7.14. The molecule has 0 aromatic heterocycles. The zero-order chi connectivity index (χ0) is 21.2. The fourth-order valence-electron chi connectivity index (χ4n) is 4.69. The predicted octanol–water partition coefficient (Wildman–Crippen LogP) is 3.09. The first-order valence-corrected chi connectivity index (χ1v) is 11.8. The zero-order valence-corrected chi connectivity index (χ0v) is 19.3. The first-order valence-electron chi connectivity index (χ1n) is 11.8. The lowest BCUT2D eigenvalue weighted by molar-refractivity contribution is 0.0173. The number of guanidine groups is 1. The lowest BCUT2D eigenvalue weighted by Gasteiger charge is -2.50. The van der Waals surface area contributed by atoms with Crippen LogP contribution in [0.15, 0.2) is 29.3 Å². The highest BCUT2D eigenvalue weighted by Crippen LogP contribution is 2.30. The topological polar surface area (TPSA) is 52.1 Å². The third-order valence-electron chi connectivity index (χ3n) is 6.55. The van der Waals surface area contributed by atoms with E-state index in [9.17, 15) is 0 Å². The minimum atomic E-state index is 0.242. The number of nitrogens with zero attached hydrogens (tertiary/aromatic N) is 3. The van der Waals surface area contributed by atoms with Crippen molar-refractivity contribution < 1.29 is 4.74 Å². The number of hydrogen-bond acceptors (Lipinski definition) is 4. The van der Waals surface area contributed by atoms with Crippen molar-refractivity contribution in [2.45, 2.75) is 58.0 Å². The smallest absolute Gasteiger partial charge is 0.191 e. The van der Waals surface area contributed by atoms with Crippen LogP contribution in [-0.2, 0) is 6.54 Å². The summed E-state index contributed by atoms with van der Waals surface area (Å²) in [5.74, 6) is 1.83. The molecule has 0 spiro atoms. The van der Waals surface area contributed by atoms with E-state index in [1.54, 1.807) is 0 Å². The molecule has 1 aromatic carbocycles. The van der Waals surface area contributed by atoms with E-state index in [4.69, 9.17) is 9.73 Å². The van der Waals surface area contributed by atoms with Gasteiger partial charge in [-0.3, -0.25) is 4.90 Å². The summed E-state index contributed by atoms with van der Waals surface area (Å²) in [6.07, 6.45) is 6.50. The Hall–Kier alpha value is -1.79. The number of ether oxygens (including phenoxy) is 1. The molecule has 0 atom stereocenters. The molecule has 2 aliphatic heterocycles. The van der Waals surface area contributed by atoms with Crippen molar-refractivity contribution >= 4 is 5.96 Å². The van der Waals surface area contributed by atoms with Gasteiger partial charge < -0.3 is 20.3 Å². The number of para-hydroxylation sites is 1. The summed E-state index contributed by atoms with van der Waals surface area (Å²) in [7, 11) is 2.24. The van der Waals surface area contributed by atoms with Crippen molar-refractivity contribution in [1.29, 1.82) is 0 Å². The second kappa shape index (κ2) is 11.6. The summed E-state index contributed by atoms with van der Waals surface area (Å²) in [5.41, 5.74) is 1.37. The third kappa shape index (κ3) is 6.11. The maximum absolute atomic E-state index is 5.77. The Labute approximate surface area is 183 Å². The first kappa shape index (κ1) is 22.9. The van der Waals surface area contributed by atoms with Crippen LogP contribution in [0.25, 0.3) is 0 Å². The summed E-state index contributed by atoms with van der Waals surface area (Å²) < 4.78 is 5.77. The maximum Gasteiger partial charge on any atom is 0.191 e. The second-order valence-corrected chi connectivity index (χ2v) is 8.66. The normalized spacial score (nSPS) is 20.7. The lowest BCUT2D eigenvalue weighted by Crippen LogP contribution is -2.62. The zero-order valence-electron chi connectivity index (χ0n) is 19.3. The molecule has 1 aromatic rings. The molecule has 30 heavy (non-hydrogen) atoms. The van der Waals surface area contributed by atoms with Gasteiger partial charge in [0.2, 0.25) is 0 Å². The Bertz CT molecular complexity index is 663. The monoisotopic (exact) mass is 415 g/mol. The van der Waals surface area contributed by atoms with Crippen molar-refractivity contribution in [2.75, 3.05) is 52.9 Å². The minimum Gasteiger partial charge on any atom is -0.494 e. The van der Waals surface area contributed by atoms with E-state index in [0.717, 1.165) is 30.4 Å². The number of nitrogens with one attached hydrogen (secondary N) is 2. The number of piperidine rings is 2. The summed E-state index contributed by atoms with van der Waals surface area (Å²) in [4.78, 5) is 10.1. The SMILES string of the molecule is CCNC(=NCc1ccccc1OCC)NCC1(N2CCCCC2)CCN(C)CC1. The van der Waals surface area contributed by atoms with Gasteiger partial charge in [0.15, 0.2) is 5.96 Å². The molecule has 6 heteroatoms. The van der Waals surface area contributed by atoms with Crippen molar-refractivity contribution in [2.24, 2.45) is 4.99 Å². The fourth-order valence-corrected chi connectivity index (χ4v) is 4.69. The van der Waals surface area contributed by atoms with Crippen molar-refractivity contribution in [3.8, 4) is 5.75 Å². The van der Waals surface area contributed by atoms with Crippen LogP contribution in [0.4, 0.5) is 0 Å².